The molecule has 66 heavy (non-hydrogen) atoms. The summed E-state index contributed by atoms with van der Waals surface area (Å²) in [5.74, 6) is 0. The zero-order valence-corrected chi connectivity index (χ0v) is 37.4. The van der Waals surface area contributed by atoms with Gasteiger partial charge in [0.05, 0.1) is 17.1 Å². The summed E-state index contributed by atoms with van der Waals surface area (Å²) in [6.07, 6.45) is 1.96. The maximum absolute atomic E-state index is 5.29. The van der Waals surface area contributed by atoms with Crippen LogP contribution in [0.25, 0.3) is 107 Å². The van der Waals surface area contributed by atoms with Gasteiger partial charge in [-0.15, -0.1) is 22.7 Å². The van der Waals surface area contributed by atoms with E-state index in [1.54, 1.807) is 0 Å². The van der Waals surface area contributed by atoms with Gasteiger partial charge in [-0.1, -0.05) is 140 Å². The first-order valence-corrected chi connectivity index (χ1v) is 24.3. The molecule has 9 aromatic carbocycles. The highest BCUT2D eigenvalue weighted by atomic mass is 32.1. The molecule has 3 aromatic heterocycles. The van der Waals surface area contributed by atoms with Gasteiger partial charge in [-0.3, -0.25) is 4.98 Å². The van der Waals surface area contributed by atoms with Crippen LogP contribution in [-0.2, 0) is 0 Å². The summed E-state index contributed by atoms with van der Waals surface area (Å²) in [6, 6.07) is 76.6. The Kier molecular flexibility index (Phi) is 8.45. The number of benzene rings is 9. The van der Waals surface area contributed by atoms with E-state index in [1.807, 2.05) is 28.9 Å². The van der Waals surface area contributed by atoms with Gasteiger partial charge in [0.1, 0.15) is 0 Å². The monoisotopic (exact) mass is 877 g/mol. The standard InChI is InChI=1S/C61H39N3S2/c1-3-14-40(15-4-1)63-32-33-64(41-16-5-2-6-17-41)56-37-54-53(36-55(56)63)45-30-28-39(43-21-12-23-50-47-19-8-10-26-58(47)66-61(43)50)35-52(45)51-34-38(27-29-44(51)48-24-13-31-62-59(48)54)42-20-11-22-49-46-18-7-9-25-57(46)65-60(42)49/h1-31,34-37H,32-33H2. The van der Waals surface area contributed by atoms with Gasteiger partial charge in [0.15, 0.2) is 0 Å². The van der Waals surface area contributed by atoms with Crippen molar-refractivity contribution in [3.05, 3.63) is 212 Å². The van der Waals surface area contributed by atoms with E-state index in [1.165, 1.54) is 113 Å². The highest BCUT2D eigenvalue weighted by molar-refractivity contribution is 7.26. The number of fused-ring (bicyclic) bond motifs is 15. The zero-order valence-electron chi connectivity index (χ0n) is 35.8. The molecular weight excluding hydrogens is 839 g/mol. The Morgan fingerprint density at radius 1 is 0.333 bits per heavy atom. The second-order valence-corrected chi connectivity index (χ2v) is 19.4. The van der Waals surface area contributed by atoms with E-state index in [0.29, 0.717) is 0 Å². The second kappa shape index (κ2) is 14.9. The van der Waals surface area contributed by atoms with E-state index in [2.05, 4.69) is 216 Å². The molecule has 0 amide bonds. The molecule has 0 N–H and O–H groups in total. The van der Waals surface area contributed by atoms with Gasteiger partial charge >= 0.3 is 0 Å². The van der Waals surface area contributed by atoms with E-state index in [4.69, 9.17) is 4.98 Å². The fraction of sp³-hybridized carbons (Fsp3) is 0.0328. The SMILES string of the molecule is c1ccc(N2CCN(c3ccccc3)c3cc4c(cc32)-c2ccc(-c3cccc5c3sc3ccccc35)cc2-c2cc(-c3cccc5c3sc3ccccc35)ccc2-c2cccnc2-4)cc1. The summed E-state index contributed by atoms with van der Waals surface area (Å²) < 4.78 is 5.26. The minimum absolute atomic E-state index is 0.847. The van der Waals surface area contributed by atoms with Crippen molar-refractivity contribution in [2.75, 3.05) is 22.9 Å². The van der Waals surface area contributed by atoms with Crippen molar-refractivity contribution in [2.24, 2.45) is 0 Å². The fourth-order valence-corrected chi connectivity index (χ4v) is 13.2. The van der Waals surface area contributed by atoms with Crippen LogP contribution < -0.4 is 9.80 Å². The maximum atomic E-state index is 5.29. The van der Waals surface area contributed by atoms with Crippen molar-refractivity contribution in [3.8, 4) is 66.9 Å². The van der Waals surface area contributed by atoms with Crippen LogP contribution in [0.2, 0.25) is 0 Å². The van der Waals surface area contributed by atoms with Crippen LogP contribution >= 0.6 is 22.7 Å². The quantitative estimate of drug-likeness (QED) is 0.176. The number of para-hydroxylation sites is 2. The predicted octanol–water partition coefficient (Wildman–Crippen LogP) is 17.4. The highest BCUT2D eigenvalue weighted by Crippen LogP contribution is 2.54. The number of hydrogen-bond donors (Lipinski definition) is 0. The molecule has 0 spiro atoms. The normalized spacial score (nSPS) is 13.0. The molecule has 0 atom stereocenters. The predicted molar refractivity (Wildman–Crippen MR) is 283 cm³/mol. The number of anilines is 4. The number of hydrogen-bond acceptors (Lipinski definition) is 5. The second-order valence-electron chi connectivity index (χ2n) is 17.3. The first kappa shape index (κ1) is 37.5. The Balaban J connectivity index is 1.07. The lowest BCUT2D eigenvalue weighted by molar-refractivity contribution is 0.850. The van der Waals surface area contributed by atoms with Crippen molar-refractivity contribution in [1.29, 1.82) is 0 Å². The number of nitrogens with zero attached hydrogens (tertiary/aromatic N) is 3. The van der Waals surface area contributed by atoms with Crippen LogP contribution in [0.4, 0.5) is 22.7 Å². The molecule has 4 heterocycles. The van der Waals surface area contributed by atoms with Crippen LogP contribution in [-0.4, -0.2) is 18.1 Å². The summed E-state index contributed by atoms with van der Waals surface area (Å²) >= 11 is 3.78. The number of thiophene rings is 2. The van der Waals surface area contributed by atoms with Crippen molar-refractivity contribution in [3.63, 3.8) is 0 Å². The van der Waals surface area contributed by atoms with Crippen molar-refractivity contribution < 1.29 is 0 Å². The van der Waals surface area contributed by atoms with Gasteiger partial charge in [0, 0.05) is 82.1 Å². The lowest BCUT2D eigenvalue weighted by atomic mass is 9.80. The average molecular weight is 878 g/mol. The van der Waals surface area contributed by atoms with Crippen molar-refractivity contribution >= 4 is 85.8 Å². The molecule has 12 aromatic rings. The molecule has 0 saturated heterocycles. The highest BCUT2D eigenvalue weighted by Gasteiger charge is 2.31. The lowest BCUT2D eigenvalue weighted by Crippen LogP contribution is -2.36. The Labute approximate surface area is 390 Å². The van der Waals surface area contributed by atoms with Crippen molar-refractivity contribution in [2.45, 2.75) is 0 Å². The van der Waals surface area contributed by atoms with E-state index in [0.717, 1.165) is 29.9 Å². The van der Waals surface area contributed by atoms with Crippen LogP contribution in [0.1, 0.15) is 0 Å². The Hall–Kier alpha value is -7.83. The summed E-state index contributed by atoms with van der Waals surface area (Å²) in [5, 5.41) is 5.23. The van der Waals surface area contributed by atoms with Crippen LogP contribution in [0.5, 0.6) is 0 Å². The fourth-order valence-electron chi connectivity index (χ4n) is 10.7. The van der Waals surface area contributed by atoms with Gasteiger partial charge in [0.2, 0.25) is 0 Å². The molecule has 310 valence electrons. The molecular formula is C61H39N3S2. The van der Waals surface area contributed by atoms with Crippen LogP contribution in [0.3, 0.4) is 0 Å². The molecule has 0 bridgehead atoms. The number of rotatable bonds is 4. The van der Waals surface area contributed by atoms with Gasteiger partial charge in [0.25, 0.3) is 0 Å². The summed E-state index contributed by atoms with van der Waals surface area (Å²) in [6.45, 7) is 1.70. The molecule has 2 aliphatic rings. The molecule has 0 fully saturated rings. The Morgan fingerprint density at radius 2 is 0.788 bits per heavy atom. The minimum Gasteiger partial charge on any atom is -0.338 e. The number of pyridine rings is 1. The van der Waals surface area contributed by atoms with Crippen LogP contribution in [0.15, 0.2) is 212 Å². The summed E-state index contributed by atoms with van der Waals surface area (Å²) in [4.78, 5) is 10.3. The molecule has 0 radical (unpaired) electrons. The minimum atomic E-state index is 0.847. The third-order valence-corrected chi connectivity index (χ3v) is 16.2. The molecule has 0 unspecified atom stereocenters. The Bertz CT molecular complexity index is 3900. The molecule has 1 aliphatic carbocycles. The van der Waals surface area contributed by atoms with E-state index >= 15 is 0 Å². The zero-order chi connectivity index (χ0) is 43.3. The first-order valence-electron chi connectivity index (χ1n) is 22.6. The van der Waals surface area contributed by atoms with Crippen molar-refractivity contribution in [1.82, 2.24) is 4.98 Å². The average Bonchev–Trinajstić information content (AvgIpc) is 3.97. The smallest absolute Gasteiger partial charge is 0.0787 e. The van der Waals surface area contributed by atoms with Gasteiger partial charge < -0.3 is 9.80 Å². The van der Waals surface area contributed by atoms with E-state index < -0.39 is 0 Å². The van der Waals surface area contributed by atoms with Gasteiger partial charge in [-0.2, -0.15) is 0 Å². The van der Waals surface area contributed by atoms with Crippen LogP contribution in [0, 0.1) is 0 Å². The first-order chi connectivity index (χ1) is 32.7. The third kappa shape index (κ3) is 5.77. The summed E-state index contributed by atoms with van der Waals surface area (Å²) in [5.41, 5.74) is 18.9. The lowest BCUT2D eigenvalue weighted by Gasteiger charge is -2.40. The molecule has 0 saturated carbocycles. The van der Waals surface area contributed by atoms with E-state index in [9.17, 15) is 0 Å². The molecule has 5 heteroatoms. The maximum Gasteiger partial charge on any atom is 0.0787 e. The van der Waals surface area contributed by atoms with Gasteiger partial charge in [-0.25, -0.2) is 0 Å². The van der Waals surface area contributed by atoms with Gasteiger partial charge in [-0.05, 0) is 117 Å². The largest absolute Gasteiger partial charge is 0.338 e. The molecule has 3 nitrogen and oxygen atoms in total. The van der Waals surface area contributed by atoms with E-state index in [-0.39, 0.29) is 0 Å². The topological polar surface area (TPSA) is 19.4 Å². The molecule has 1 aliphatic heterocycles. The number of aromatic nitrogens is 1. The third-order valence-electron chi connectivity index (χ3n) is 13.8. The summed E-state index contributed by atoms with van der Waals surface area (Å²) in [7, 11) is 0. The molecule has 14 rings (SSSR count). The Morgan fingerprint density at radius 3 is 1.35 bits per heavy atom.